The zero-order valence-corrected chi connectivity index (χ0v) is 13.1. The minimum Gasteiger partial charge on any atom is -0.368 e. The fraction of sp³-hybridized carbons (Fsp3) is 0.733. The maximum atomic E-state index is 4.51. The summed E-state index contributed by atoms with van der Waals surface area (Å²) in [5, 5.41) is 6.67. The van der Waals surface area contributed by atoms with Crippen LogP contribution >= 0.6 is 0 Å². The Morgan fingerprint density at radius 1 is 1.35 bits per heavy atom. The first-order valence-electron chi connectivity index (χ1n) is 7.65. The summed E-state index contributed by atoms with van der Waals surface area (Å²) >= 11 is 0. The van der Waals surface area contributed by atoms with Crippen molar-refractivity contribution in [1.82, 2.24) is 14.9 Å². The first-order chi connectivity index (χ1) is 9.60. The molecule has 1 aromatic rings. The van der Waals surface area contributed by atoms with Crippen LogP contribution in [0.25, 0.3) is 0 Å². The number of hydrogen-bond acceptors (Lipinski definition) is 5. The summed E-state index contributed by atoms with van der Waals surface area (Å²) in [5.41, 5.74) is 0.990. The van der Waals surface area contributed by atoms with Crippen LogP contribution in [-0.4, -0.2) is 47.1 Å². The zero-order valence-electron chi connectivity index (χ0n) is 13.1. The molecule has 1 fully saturated rings. The van der Waals surface area contributed by atoms with Gasteiger partial charge in [-0.25, -0.2) is 4.98 Å². The van der Waals surface area contributed by atoms with Gasteiger partial charge in [-0.05, 0) is 40.2 Å². The highest BCUT2D eigenvalue weighted by Gasteiger charge is 2.28. The molecule has 1 unspecified atom stereocenters. The van der Waals surface area contributed by atoms with Gasteiger partial charge in [0.1, 0.15) is 5.82 Å². The number of aryl methyl sites for hydroxylation is 1. The van der Waals surface area contributed by atoms with Crippen molar-refractivity contribution in [2.75, 3.05) is 30.8 Å². The molecule has 2 rings (SSSR count). The van der Waals surface area contributed by atoms with Gasteiger partial charge in [0.15, 0.2) is 0 Å². The Labute approximate surface area is 122 Å². The van der Waals surface area contributed by atoms with Crippen LogP contribution < -0.4 is 10.6 Å². The second-order valence-electron chi connectivity index (χ2n) is 5.77. The van der Waals surface area contributed by atoms with Gasteiger partial charge < -0.3 is 10.6 Å². The molecular formula is C15H27N5. The lowest BCUT2D eigenvalue weighted by Crippen LogP contribution is -2.36. The van der Waals surface area contributed by atoms with Gasteiger partial charge in [0.25, 0.3) is 0 Å². The molecule has 1 saturated carbocycles. The van der Waals surface area contributed by atoms with Crippen LogP contribution in [0.4, 0.5) is 11.8 Å². The third kappa shape index (κ3) is 4.34. The van der Waals surface area contributed by atoms with Gasteiger partial charge in [-0.2, -0.15) is 4.98 Å². The van der Waals surface area contributed by atoms with Crippen LogP contribution in [0.1, 0.15) is 38.8 Å². The summed E-state index contributed by atoms with van der Waals surface area (Å²) in [7, 11) is 2.21. The van der Waals surface area contributed by atoms with E-state index in [4.69, 9.17) is 0 Å². The smallest absolute Gasteiger partial charge is 0.224 e. The van der Waals surface area contributed by atoms with E-state index in [0.29, 0.717) is 6.04 Å². The lowest BCUT2D eigenvalue weighted by Gasteiger charge is -2.24. The molecule has 0 amide bonds. The molecule has 0 aliphatic heterocycles. The average molecular weight is 277 g/mol. The summed E-state index contributed by atoms with van der Waals surface area (Å²) in [6, 6.07) is 3.31. The summed E-state index contributed by atoms with van der Waals surface area (Å²) in [6.45, 7) is 8.22. The van der Waals surface area contributed by atoms with Crippen molar-refractivity contribution >= 4 is 11.8 Å². The van der Waals surface area contributed by atoms with Crippen molar-refractivity contribution in [3.05, 3.63) is 11.8 Å². The highest BCUT2D eigenvalue weighted by molar-refractivity contribution is 5.42. The molecule has 20 heavy (non-hydrogen) atoms. The van der Waals surface area contributed by atoms with E-state index >= 15 is 0 Å². The zero-order chi connectivity index (χ0) is 14.5. The summed E-state index contributed by atoms with van der Waals surface area (Å²) in [5.74, 6) is 1.63. The Morgan fingerprint density at radius 2 is 2.10 bits per heavy atom. The SMILES string of the molecule is CCCNc1nc(C)cc(NCC(C)N(C)C2CC2)n1. The maximum Gasteiger partial charge on any atom is 0.224 e. The predicted octanol–water partition coefficient (Wildman–Crippen LogP) is 2.50. The van der Waals surface area contributed by atoms with Gasteiger partial charge in [-0.15, -0.1) is 0 Å². The van der Waals surface area contributed by atoms with Crippen LogP contribution in [0.2, 0.25) is 0 Å². The molecule has 0 bridgehead atoms. The number of likely N-dealkylation sites (N-methyl/N-ethyl adjacent to an activating group) is 1. The number of hydrogen-bond donors (Lipinski definition) is 2. The highest BCUT2D eigenvalue weighted by Crippen LogP contribution is 2.26. The Balaban J connectivity index is 1.89. The van der Waals surface area contributed by atoms with E-state index in [2.05, 4.69) is 46.4 Å². The van der Waals surface area contributed by atoms with Gasteiger partial charge in [0.05, 0.1) is 0 Å². The number of nitrogens with zero attached hydrogens (tertiary/aromatic N) is 3. The van der Waals surface area contributed by atoms with E-state index in [9.17, 15) is 0 Å². The van der Waals surface area contributed by atoms with Crippen molar-refractivity contribution in [2.24, 2.45) is 0 Å². The lowest BCUT2D eigenvalue weighted by atomic mass is 10.3. The fourth-order valence-corrected chi connectivity index (χ4v) is 2.21. The minimum absolute atomic E-state index is 0.518. The second-order valence-corrected chi connectivity index (χ2v) is 5.77. The first kappa shape index (κ1) is 15.0. The predicted molar refractivity (Wildman–Crippen MR) is 84.3 cm³/mol. The Bertz CT molecular complexity index is 430. The normalized spacial score (nSPS) is 16.2. The van der Waals surface area contributed by atoms with Crippen LogP contribution in [0.3, 0.4) is 0 Å². The molecule has 1 atom stereocenters. The quantitative estimate of drug-likeness (QED) is 0.764. The molecule has 1 aliphatic rings. The third-order valence-electron chi connectivity index (χ3n) is 3.78. The molecule has 5 nitrogen and oxygen atoms in total. The van der Waals surface area contributed by atoms with Crippen LogP contribution in [0.15, 0.2) is 6.07 Å². The Morgan fingerprint density at radius 3 is 2.75 bits per heavy atom. The van der Waals surface area contributed by atoms with Gasteiger partial charge >= 0.3 is 0 Å². The van der Waals surface area contributed by atoms with Crippen molar-refractivity contribution in [3.8, 4) is 0 Å². The first-order valence-corrected chi connectivity index (χ1v) is 7.65. The number of anilines is 2. The lowest BCUT2D eigenvalue weighted by molar-refractivity contribution is 0.257. The van der Waals surface area contributed by atoms with Gasteiger partial charge in [0.2, 0.25) is 5.95 Å². The summed E-state index contributed by atoms with van der Waals surface area (Å²) in [4.78, 5) is 11.4. The fourth-order valence-electron chi connectivity index (χ4n) is 2.21. The van der Waals surface area contributed by atoms with Crippen molar-refractivity contribution < 1.29 is 0 Å². The number of rotatable bonds is 8. The molecule has 1 heterocycles. The van der Waals surface area contributed by atoms with Crippen molar-refractivity contribution in [1.29, 1.82) is 0 Å². The van der Waals surface area contributed by atoms with Crippen LogP contribution in [-0.2, 0) is 0 Å². The molecule has 0 radical (unpaired) electrons. The monoisotopic (exact) mass is 277 g/mol. The van der Waals surface area contributed by atoms with E-state index in [0.717, 1.165) is 43.0 Å². The van der Waals surface area contributed by atoms with E-state index in [1.165, 1.54) is 12.8 Å². The third-order valence-corrected chi connectivity index (χ3v) is 3.78. The standard InChI is InChI=1S/C15H27N5/c1-5-8-16-15-18-11(2)9-14(19-15)17-10-12(3)20(4)13-6-7-13/h9,12-13H,5-8,10H2,1-4H3,(H2,16,17,18,19). The topological polar surface area (TPSA) is 53.1 Å². The molecule has 0 saturated heterocycles. The largest absolute Gasteiger partial charge is 0.368 e. The van der Waals surface area contributed by atoms with Gasteiger partial charge in [-0.3, -0.25) is 4.90 Å². The molecule has 0 aromatic carbocycles. The molecule has 5 heteroatoms. The number of nitrogens with one attached hydrogen (secondary N) is 2. The maximum absolute atomic E-state index is 4.51. The highest BCUT2D eigenvalue weighted by atomic mass is 15.2. The molecule has 2 N–H and O–H groups in total. The summed E-state index contributed by atoms with van der Waals surface area (Å²) < 4.78 is 0. The van der Waals surface area contributed by atoms with Crippen LogP contribution in [0.5, 0.6) is 0 Å². The molecule has 1 aliphatic carbocycles. The number of aromatic nitrogens is 2. The van der Waals surface area contributed by atoms with E-state index < -0.39 is 0 Å². The van der Waals surface area contributed by atoms with Crippen molar-refractivity contribution in [2.45, 2.75) is 52.1 Å². The molecule has 0 spiro atoms. The molecule has 112 valence electrons. The van der Waals surface area contributed by atoms with Crippen LogP contribution in [0, 0.1) is 6.92 Å². The average Bonchev–Trinajstić information content (AvgIpc) is 3.25. The van der Waals surface area contributed by atoms with Gasteiger partial charge in [-0.1, -0.05) is 6.92 Å². The summed E-state index contributed by atoms with van der Waals surface area (Å²) in [6.07, 6.45) is 3.76. The second kappa shape index (κ2) is 6.88. The minimum atomic E-state index is 0.518. The van der Waals surface area contributed by atoms with E-state index in [1.54, 1.807) is 0 Å². The van der Waals surface area contributed by atoms with E-state index in [-0.39, 0.29) is 0 Å². The Kier molecular flexibility index (Phi) is 5.17. The van der Waals surface area contributed by atoms with Crippen molar-refractivity contribution in [3.63, 3.8) is 0 Å². The van der Waals surface area contributed by atoms with Gasteiger partial charge in [0, 0.05) is 36.9 Å². The van der Waals surface area contributed by atoms with E-state index in [1.807, 2.05) is 13.0 Å². The Hall–Kier alpha value is -1.36. The molecule has 1 aromatic heterocycles. The molecular weight excluding hydrogens is 250 g/mol.